The molecule has 214 valence electrons. The quantitative estimate of drug-likeness (QED) is 0.0920. The zero-order chi connectivity index (χ0) is 27.6. The lowest BCUT2D eigenvalue weighted by molar-refractivity contribution is -0.142. The van der Waals surface area contributed by atoms with Crippen molar-refractivity contribution in [3.8, 4) is 0 Å². The second-order valence-corrected chi connectivity index (χ2v) is 9.43. The van der Waals surface area contributed by atoms with Crippen molar-refractivity contribution in [1.82, 2.24) is 10.6 Å². The molecular formula is C27H48N2O8. The summed E-state index contributed by atoms with van der Waals surface area (Å²) in [5.74, 6) is -2.51. The Morgan fingerprint density at radius 3 is 1.62 bits per heavy atom. The third-order valence-corrected chi connectivity index (χ3v) is 6.09. The smallest absolute Gasteiger partial charge is 0.326 e. The van der Waals surface area contributed by atoms with Gasteiger partial charge in [-0.2, -0.15) is 0 Å². The number of hydrogen-bond donors (Lipinski definition) is 4. The summed E-state index contributed by atoms with van der Waals surface area (Å²) in [7, 11) is 0. The van der Waals surface area contributed by atoms with Gasteiger partial charge in [-0.1, -0.05) is 77.0 Å². The Kier molecular flexibility index (Phi) is 23.5. The van der Waals surface area contributed by atoms with Crippen LogP contribution in [0.5, 0.6) is 0 Å². The molecule has 4 N–H and O–H groups in total. The van der Waals surface area contributed by atoms with Crippen LogP contribution in [0.3, 0.4) is 0 Å². The third-order valence-electron chi connectivity index (χ3n) is 6.09. The lowest BCUT2D eigenvalue weighted by Gasteiger charge is -2.14. The Bertz CT molecular complexity index is 642. The predicted molar refractivity (Wildman–Crippen MR) is 140 cm³/mol. The molecule has 0 aliphatic heterocycles. The Morgan fingerprint density at radius 1 is 0.676 bits per heavy atom. The van der Waals surface area contributed by atoms with Crippen molar-refractivity contribution in [3.05, 3.63) is 0 Å². The zero-order valence-corrected chi connectivity index (χ0v) is 22.3. The largest absolute Gasteiger partial charge is 0.481 e. The Hall–Kier alpha value is -2.49. The molecule has 0 rings (SSSR count). The van der Waals surface area contributed by atoms with E-state index < -0.39 is 18.0 Å². The first-order chi connectivity index (χ1) is 17.9. The molecular weight excluding hydrogens is 480 g/mol. The molecule has 0 aliphatic rings. The number of rotatable bonds is 27. The minimum atomic E-state index is -1.16. The highest BCUT2D eigenvalue weighted by Crippen LogP contribution is 2.14. The molecule has 0 aliphatic carbocycles. The van der Waals surface area contributed by atoms with E-state index in [-0.39, 0.29) is 57.3 Å². The predicted octanol–water partition coefficient (Wildman–Crippen LogP) is 3.99. The zero-order valence-electron chi connectivity index (χ0n) is 22.3. The van der Waals surface area contributed by atoms with Crippen LogP contribution in [-0.4, -0.2) is 66.1 Å². The number of carboxylic acids is 2. The molecule has 37 heavy (non-hydrogen) atoms. The average molecular weight is 529 g/mol. The first-order valence-corrected chi connectivity index (χ1v) is 13.9. The fraction of sp³-hybridized carbons (Fsp3) is 0.815. The summed E-state index contributed by atoms with van der Waals surface area (Å²) >= 11 is 0. The molecule has 2 amide bonds. The van der Waals surface area contributed by atoms with Gasteiger partial charge in [-0.05, 0) is 19.3 Å². The Labute approximate surface area is 221 Å². The van der Waals surface area contributed by atoms with Gasteiger partial charge in [0.1, 0.15) is 18.9 Å². The maximum atomic E-state index is 12.1. The van der Waals surface area contributed by atoms with Gasteiger partial charge < -0.3 is 30.4 Å². The van der Waals surface area contributed by atoms with E-state index in [0.29, 0.717) is 12.7 Å². The maximum Gasteiger partial charge on any atom is 0.326 e. The van der Waals surface area contributed by atoms with E-state index in [1.165, 1.54) is 44.9 Å². The summed E-state index contributed by atoms with van der Waals surface area (Å²) in [6.07, 6.45) is 16.5. The van der Waals surface area contributed by atoms with E-state index >= 15 is 0 Å². The number of aldehydes is 1. The monoisotopic (exact) mass is 528 g/mol. The topological polar surface area (TPSA) is 159 Å². The molecule has 0 aromatic carbocycles. The first-order valence-electron chi connectivity index (χ1n) is 13.9. The summed E-state index contributed by atoms with van der Waals surface area (Å²) in [4.78, 5) is 55.8. The molecule has 0 bridgehead atoms. The lowest BCUT2D eigenvalue weighted by atomic mass is 10.0. The number of ether oxygens (including phenoxy) is 1. The van der Waals surface area contributed by atoms with Crippen molar-refractivity contribution in [2.75, 3.05) is 19.8 Å². The van der Waals surface area contributed by atoms with E-state index in [9.17, 15) is 29.1 Å². The maximum absolute atomic E-state index is 12.1. The highest BCUT2D eigenvalue weighted by atomic mass is 16.5. The molecule has 0 aromatic heterocycles. The van der Waals surface area contributed by atoms with Crippen molar-refractivity contribution in [3.63, 3.8) is 0 Å². The SMILES string of the molecule is O=CCOCCNC(=O)CC[C@H](NC(=O)CCCCCCCCCCCCCCCCC(=O)O)C(=O)O. The summed E-state index contributed by atoms with van der Waals surface area (Å²) in [5.41, 5.74) is 0. The van der Waals surface area contributed by atoms with Gasteiger partial charge in [-0.15, -0.1) is 0 Å². The normalized spacial score (nSPS) is 11.6. The van der Waals surface area contributed by atoms with Gasteiger partial charge in [0.15, 0.2) is 0 Å². The Balaban J connectivity index is 3.62. The Morgan fingerprint density at radius 2 is 1.16 bits per heavy atom. The number of unbranched alkanes of at least 4 members (excludes halogenated alkanes) is 13. The van der Waals surface area contributed by atoms with Crippen LogP contribution >= 0.6 is 0 Å². The molecule has 0 unspecified atom stereocenters. The molecule has 10 heteroatoms. The van der Waals surface area contributed by atoms with Gasteiger partial charge in [-0.3, -0.25) is 14.4 Å². The fourth-order valence-electron chi connectivity index (χ4n) is 3.96. The minimum absolute atomic E-state index is 0.00882. The van der Waals surface area contributed by atoms with Crippen molar-refractivity contribution < 1.29 is 38.9 Å². The summed E-state index contributed by atoms with van der Waals surface area (Å²) in [6, 6.07) is -1.10. The summed E-state index contributed by atoms with van der Waals surface area (Å²) in [5, 5.41) is 23.0. The second kappa shape index (κ2) is 25.2. The van der Waals surface area contributed by atoms with Gasteiger partial charge >= 0.3 is 11.9 Å². The first kappa shape index (κ1) is 34.5. The van der Waals surface area contributed by atoms with Crippen LogP contribution in [0.2, 0.25) is 0 Å². The number of carbonyl (C=O) groups excluding carboxylic acids is 3. The molecule has 0 radical (unpaired) electrons. The standard InChI is InChI=1S/C27H48N2O8/c30-20-22-37-21-19-28-24(31)18-17-23(27(35)36)29-25(32)15-13-11-9-7-5-3-1-2-4-6-8-10-12-14-16-26(33)34/h20,23H,1-19,21-22H2,(H,28,31)(H,29,32)(H,33,34)(H,35,36)/t23-/m0/s1. The van der Waals surface area contributed by atoms with Crippen LogP contribution < -0.4 is 10.6 Å². The molecule has 10 nitrogen and oxygen atoms in total. The molecule has 0 spiro atoms. The van der Waals surface area contributed by atoms with Crippen LogP contribution in [0.25, 0.3) is 0 Å². The van der Waals surface area contributed by atoms with E-state index in [4.69, 9.17) is 9.84 Å². The van der Waals surface area contributed by atoms with Gasteiger partial charge in [0.05, 0.1) is 6.61 Å². The van der Waals surface area contributed by atoms with Gasteiger partial charge in [-0.25, -0.2) is 4.79 Å². The van der Waals surface area contributed by atoms with Crippen LogP contribution in [0.1, 0.15) is 116 Å². The second-order valence-electron chi connectivity index (χ2n) is 9.43. The third kappa shape index (κ3) is 25.0. The number of amides is 2. The van der Waals surface area contributed by atoms with Gasteiger partial charge in [0.25, 0.3) is 0 Å². The molecule has 0 saturated heterocycles. The molecule has 0 heterocycles. The lowest BCUT2D eigenvalue weighted by Crippen LogP contribution is -2.41. The van der Waals surface area contributed by atoms with E-state index in [0.717, 1.165) is 38.5 Å². The van der Waals surface area contributed by atoms with E-state index in [2.05, 4.69) is 10.6 Å². The number of carbonyl (C=O) groups is 5. The van der Waals surface area contributed by atoms with Crippen molar-refractivity contribution >= 4 is 30.0 Å². The molecule has 0 fully saturated rings. The number of hydrogen-bond acceptors (Lipinski definition) is 6. The molecule has 1 atom stereocenters. The van der Waals surface area contributed by atoms with Crippen LogP contribution in [0, 0.1) is 0 Å². The van der Waals surface area contributed by atoms with Crippen LogP contribution in [0.4, 0.5) is 0 Å². The number of nitrogens with one attached hydrogen (secondary N) is 2. The molecule has 0 aromatic rings. The van der Waals surface area contributed by atoms with E-state index in [1.807, 2.05) is 0 Å². The highest BCUT2D eigenvalue weighted by molar-refractivity contribution is 5.84. The highest BCUT2D eigenvalue weighted by Gasteiger charge is 2.20. The number of carboxylic acid groups (broad SMARTS) is 2. The number of aliphatic carboxylic acids is 2. The minimum Gasteiger partial charge on any atom is -0.481 e. The van der Waals surface area contributed by atoms with Crippen LogP contribution in [-0.2, 0) is 28.7 Å². The van der Waals surface area contributed by atoms with Crippen molar-refractivity contribution in [1.29, 1.82) is 0 Å². The van der Waals surface area contributed by atoms with Crippen molar-refractivity contribution in [2.45, 2.75) is 122 Å². The summed E-state index contributed by atoms with van der Waals surface area (Å²) in [6.45, 7) is 0.393. The fourth-order valence-corrected chi connectivity index (χ4v) is 3.96. The average Bonchev–Trinajstić information content (AvgIpc) is 2.85. The van der Waals surface area contributed by atoms with Crippen molar-refractivity contribution in [2.24, 2.45) is 0 Å². The van der Waals surface area contributed by atoms with Crippen LogP contribution in [0.15, 0.2) is 0 Å². The van der Waals surface area contributed by atoms with Gasteiger partial charge in [0.2, 0.25) is 11.8 Å². The van der Waals surface area contributed by atoms with E-state index in [1.54, 1.807) is 0 Å². The summed E-state index contributed by atoms with van der Waals surface area (Å²) < 4.78 is 4.91. The van der Waals surface area contributed by atoms with Gasteiger partial charge in [0, 0.05) is 25.8 Å². The molecule has 0 saturated carbocycles.